The average Bonchev–Trinajstić information content (AvgIpc) is 3.07. The lowest BCUT2D eigenvalue weighted by molar-refractivity contribution is -0.118. The van der Waals surface area contributed by atoms with Crippen molar-refractivity contribution in [3.05, 3.63) is 71.1 Å². The van der Waals surface area contributed by atoms with Crippen molar-refractivity contribution in [2.75, 3.05) is 12.4 Å². The highest BCUT2D eigenvalue weighted by molar-refractivity contribution is 7.91. The minimum atomic E-state index is -3.70. The number of nitrogens with one attached hydrogen (secondary N) is 1. The van der Waals surface area contributed by atoms with E-state index in [0.717, 1.165) is 22.4 Å². The maximum atomic E-state index is 12.5. The first-order valence-electron chi connectivity index (χ1n) is 9.98. The summed E-state index contributed by atoms with van der Waals surface area (Å²) in [6.07, 6.45) is 0. The van der Waals surface area contributed by atoms with Gasteiger partial charge in [0.05, 0.1) is 18.1 Å². The molecule has 0 saturated carbocycles. The highest BCUT2D eigenvalue weighted by atomic mass is 32.2. The summed E-state index contributed by atoms with van der Waals surface area (Å²) in [5.74, 6) is -0.000505. The number of aryl methyl sites for hydroxylation is 2. The number of oxazole rings is 1. The molecule has 0 radical (unpaired) electrons. The SMILES string of the molecule is CCOc1ccc(CNC(=O)CS(=O)(=O)Cc2nc(-c3ccc(C)cc3)oc2C)cc1. The van der Waals surface area contributed by atoms with Crippen molar-refractivity contribution in [2.45, 2.75) is 33.1 Å². The van der Waals surface area contributed by atoms with E-state index in [-0.39, 0.29) is 12.3 Å². The zero-order chi connectivity index (χ0) is 22.4. The summed E-state index contributed by atoms with van der Waals surface area (Å²) < 4.78 is 36.1. The predicted octanol–water partition coefficient (Wildman–Crippen LogP) is 3.59. The lowest BCUT2D eigenvalue weighted by Crippen LogP contribution is -2.30. The first kappa shape index (κ1) is 22.6. The quantitative estimate of drug-likeness (QED) is 0.544. The number of carbonyl (C=O) groups is 1. The van der Waals surface area contributed by atoms with E-state index in [2.05, 4.69) is 10.3 Å². The van der Waals surface area contributed by atoms with Gasteiger partial charge in [0.25, 0.3) is 0 Å². The number of sulfone groups is 1. The van der Waals surface area contributed by atoms with Crippen LogP contribution in [0.4, 0.5) is 0 Å². The van der Waals surface area contributed by atoms with Gasteiger partial charge in [-0.25, -0.2) is 13.4 Å². The molecular formula is C23H26N2O5S. The molecule has 3 aromatic rings. The molecule has 0 fully saturated rings. The topological polar surface area (TPSA) is 98.5 Å². The van der Waals surface area contributed by atoms with Gasteiger partial charge in [-0.2, -0.15) is 0 Å². The number of amides is 1. The van der Waals surface area contributed by atoms with Crippen LogP contribution in [0, 0.1) is 13.8 Å². The fraction of sp³-hybridized carbons (Fsp3) is 0.304. The van der Waals surface area contributed by atoms with Crippen molar-refractivity contribution in [3.8, 4) is 17.2 Å². The van der Waals surface area contributed by atoms with Gasteiger partial charge in [0.2, 0.25) is 11.8 Å². The van der Waals surface area contributed by atoms with E-state index in [1.54, 1.807) is 19.1 Å². The summed E-state index contributed by atoms with van der Waals surface area (Å²) in [5.41, 5.74) is 3.04. The Balaban J connectivity index is 1.58. The van der Waals surface area contributed by atoms with Crippen LogP contribution in [0.15, 0.2) is 52.9 Å². The van der Waals surface area contributed by atoms with Crippen molar-refractivity contribution >= 4 is 15.7 Å². The summed E-state index contributed by atoms with van der Waals surface area (Å²) in [4.78, 5) is 16.5. The van der Waals surface area contributed by atoms with E-state index in [1.807, 2.05) is 50.2 Å². The van der Waals surface area contributed by atoms with E-state index in [9.17, 15) is 13.2 Å². The van der Waals surface area contributed by atoms with Crippen LogP contribution in [0.3, 0.4) is 0 Å². The minimum absolute atomic E-state index is 0.237. The van der Waals surface area contributed by atoms with Crippen LogP contribution >= 0.6 is 0 Å². The molecule has 164 valence electrons. The molecule has 0 atom stereocenters. The van der Waals surface area contributed by atoms with Gasteiger partial charge in [0.1, 0.15) is 17.3 Å². The van der Waals surface area contributed by atoms with Crippen LogP contribution in [-0.4, -0.2) is 31.7 Å². The molecule has 1 amide bonds. The molecule has 0 aliphatic carbocycles. The second-order valence-electron chi connectivity index (χ2n) is 7.27. The number of rotatable bonds is 9. The Kier molecular flexibility index (Phi) is 7.12. The molecule has 0 bridgehead atoms. The van der Waals surface area contributed by atoms with Crippen LogP contribution < -0.4 is 10.1 Å². The summed E-state index contributed by atoms with van der Waals surface area (Å²) >= 11 is 0. The van der Waals surface area contributed by atoms with E-state index in [0.29, 0.717) is 24.0 Å². The lowest BCUT2D eigenvalue weighted by atomic mass is 10.1. The molecule has 2 aromatic carbocycles. The number of nitrogens with zero attached hydrogens (tertiary/aromatic N) is 1. The van der Waals surface area contributed by atoms with Gasteiger partial charge in [0, 0.05) is 12.1 Å². The number of benzene rings is 2. The van der Waals surface area contributed by atoms with Gasteiger partial charge in [-0.15, -0.1) is 0 Å². The Hall–Kier alpha value is -3.13. The molecular weight excluding hydrogens is 416 g/mol. The van der Waals surface area contributed by atoms with Gasteiger partial charge in [-0.05, 0) is 50.6 Å². The second kappa shape index (κ2) is 9.78. The largest absolute Gasteiger partial charge is 0.494 e. The van der Waals surface area contributed by atoms with Crippen LogP contribution in [-0.2, 0) is 26.9 Å². The van der Waals surface area contributed by atoms with E-state index in [4.69, 9.17) is 9.15 Å². The molecule has 1 N–H and O–H groups in total. The summed E-state index contributed by atoms with van der Waals surface area (Å²) in [7, 11) is -3.70. The third-order valence-electron chi connectivity index (χ3n) is 4.62. The molecule has 0 aliphatic heterocycles. The standard InChI is InChI=1S/C23H26N2O5S/c1-4-29-20-11-7-18(8-12-20)13-24-22(26)15-31(27,28)14-21-17(3)30-23(25-21)19-9-5-16(2)6-10-19/h5-12H,4,13-15H2,1-3H3,(H,24,26). The van der Waals surface area contributed by atoms with Crippen molar-refractivity contribution in [2.24, 2.45) is 0 Å². The summed E-state index contributed by atoms with van der Waals surface area (Å²) in [6.45, 7) is 6.36. The molecule has 3 rings (SSSR count). The number of hydrogen-bond acceptors (Lipinski definition) is 6. The molecule has 0 aliphatic rings. The van der Waals surface area contributed by atoms with Crippen LogP contribution in [0.5, 0.6) is 5.75 Å². The van der Waals surface area contributed by atoms with Crippen molar-refractivity contribution in [3.63, 3.8) is 0 Å². The maximum Gasteiger partial charge on any atom is 0.235 e. The number of aromatic nitrogens is 1. The molecule has 0 spiro atoms. The monoisotopic (exact) mass is 442 g/mol. The normalized spacial score (nSPS) is 11.3. The third kappa shape index (κ3) is 6.42. The molecule has 31 heavy (non-hydrogen) atoms. The Morgan fingerprint density at radius 3 is 2.39 bits per heavy atom. The van der Waals surface area contributed by atoms with Crippen LogP contribution in [0.1, 0.15) is 29.5 Å². The van der Waals surface area contributed by atoms with Crippen molar-refractivity contribution in [1.82, 2.24) is 10.3 Å². The minimum Gasteiger partial charge on any atom is -0.494 e. The Morgan fingerprint density at radius 1 is 1.06 bits per heavy atom. The molecule has 0 unspecified atom stereocenters. The molecule has 1 heterocycles. The fourth-order valence-corrected chi connectivity index (χ4v) is 4.25. The van der Waals surface area contributed by atoms with Crippen LogP contribution in [0.2, 0.25) is 0 Å². The second-order valence-corrected chi connectivity index (χ2v) is 9.34. The zero-order valence-electron chi connectivity index (χ0n) is 17.8. The first-order chi connectivity index (χ1) is 14.8. The fourth-order valence-electron chi connectivity index (χ4n) is 2.96. The Bertz CT molecular complexity index is 1130. The molecule has 7 nitrogen and oxygen atoms in total. The van der Waals surface area contributed by atoms with Crippen molar-refractivity contribution < 1.29 is 22.4 Å². The van der Waals surface area contributed by atoms with Gasteiger partial charge >= 0.3 is 0 Å². The van der Waals surface area contributed by atoms with Gasteiger partial charge in [-0.1, -0.05) is 29.8 Å². The molecule has 0 saturated heterocycles. The summed E-state index contributed by atoms with van der Waals surface area (Å²) in [6, 6.07) is 14.9. The van der Waals surface area contributed by atoms with E-state index >= 15 is 0 Å². The highest BCUT2D eigenvalue weighted by Crippen LogP contribution is 2.23. The molecule has 8 heteroatoms. The Labute approximate surface area is 182 Å². The van der Waals surface area contributed by atoms with Crippen LogP contribution in [0.25, 0.3) is 11.5 Å². The van der Waals surface area contributed by atoms with E-state index in [1.165, 1.54) is 0 Å². The average molecular weight is 443 g/mol. The lowest BCUT2D eigenvalue weighted by Gasteiger charge is -2.07. The molecule has 1 aromatic heterocycles. The predicted molar refractivity (Wildman–Crippen MR) is 118 cm³/mol. The smallest absolute Gasteiger partial charge is 0.235 e. The Morgan fingerprint density at radius 2 is 1.74 bits per heavy atom. The highest BCUT2D eigenvalue weighted by Gasteiger charge is 2.22. The van der Waals surface area contributed by atoms with Gasteiger partial charge in [0.15, 0.2) is 9.84 Å². The summed E-state index contributed by atoms with van der Waals surface area (Å²) in [5, 5.41) is 2.64. The zero-order valence-corrected chi connectivity index (χ0v) is 18.7. The first-order valence-corrected chi connectivity index (χ1v) is 11.8. The number of hydrogen-bond donors (Lipinski definition) is 1. The third-order valence-corrected chi connectivity index (χ3v) is 6.04. The van der Waals surface area contributed by atoms with Gasteiger partial charge in [-0.3, -0.25) is 4.79 Å². The maximum absolute atomic E-state index is 12.5. The van der Waals surface area contributed by atoms with Crippen molar-refractivity contribution in [1.29, 1.82) is 0 Å². The number of ether oxygens (including phenoxy) is 1. The number of carbonyl (C=O) groups excluding carboxylic acids is 1. The van der Waals surface area contributed by atoms with Gasteiger partial charge < -0.3 is 14.5 Å². The van der Waals surface area contributed by atoms with E-state index < -0.39 is 21.5 Å².